The van der Waals surface area contributed by atoms with E-state index < -0.39 is 11.6 Å². The number of benzene rings is 1. The summed E-state index contributed by atoms with van der Waals surface area (Å²) >= 11 is 0. The monoisotopic (exact) mass is 255 g/mol. The Hall–Kier alpha value is -1.65. The predicted octanol–water partition coefficient (Wildman–Crippen LogP) is 2.36. The standard InChI is InChI=1S/C13H15F2NO2/c14-11-5-4-10(9-12(11)15)18-8-2-7-16-6-1-3-13(16)17/h4-5,9H,1-3,6-8H2. The molecule has 18 heavy (non-hydrogen) atoms. The number of carbonyl (C=O) groups is 1. The van der Waals surface area contributed by atoms with Crippen LogP contribution in [0.4, 0.5) is 8.78 Å². The smallest absolute Gasteiger partial charge is 0.222 e. The molecular weight excluding hydrogens is 240 g/mol. The maximum absolute atomic E-state index is 12.9. The van der Waals surface area contributed by atoms with Gasteiger partial charge in [0.2, 0.25) is 5.91 Å². The number of nitrogens with zero attached hydrogens (tertiary/aromatic N) is 1. The molecule has 1 saturated heterocycles. The van der Waals surface area contributed by atoms with Crippen molar-refractivity contribution in [2.75, 3.05) is 19.7 Å². The molecular formula is C13H15F2NO2. The fourth-order valence-electron chi connectivity index (χ4n) is 1.95. The van der Waals surface area contributed by atoms with E-state index >= 15 is 0 Å². The van der Waals surface area contributed by atoms with Crippen molar-refractivity contribution in [2.45, 2.75) is 19.3 Å². The molecule has 0 unspecified atom stereocenters. The molecule has 1 fully saturated rings. The van der Waals surface area contributed by atoms with E-state index in [0.717, 1.165) is 25.1 Å². The van der Waals surface area contributed by atoms with Crippen LogP contribution in [0.15, 0.2) is 18.2 Å². The average Bonchev–Trinajstić information content (AvgIpc) is 2.75. The number of likely N-dealkylation sites (tertiary alicyclic amines) is 1. The van der Waals surface area contributed by atoms with Gasteiger partial charge >= 0.3 is 0 Å². The molecule has 0 saturated carbocycles. The molecule has 1 aliphatic heterocycles. The van der Waals surface area contributed by atoms with E-state index in [1.807, 2.05) is 0 Å². The van der Waals surface area contributed by atoms with Gasteiger partial charge in [-0.05, 0) is 25.0 Å². The molecule has 1 aromatic carbocycles. The Bertz CT molecular complexity index is 437. The molecule has 0 bridgehead atoms. The highest BCUT2D eigenvalue weighted by molar-refractivity contribution is 5.77. The Morgan fingerprint density at radius 1 is 1.28 bits per heavy atom. The quantitative estimate of drug-likeness (QED) is 0.756. The Balaban J connectivity index is 1.71. The largest absolute Gasteiger partial charge is 0.493 e. The summed E-state index contributed by atoms with van der Waals surface area (Å²) in [5.41, 5.74) is 0. The van der Waals surface area contributed by atoms with Crippen LogP contribution in [0.5, 0.6) is 5.75 Å². The second-order valence-electron chi connectivity index (χ2n) is 4.26. The summed E-state index contributed by atoms with van der Waals surface area (Å²) in [6.45, 7) is 1.85. The third-order valence-corrected chi connectivity index (χ3v) is 2.90. The fourth-order valence-corrected chi connectivity index (χ4v) is 1.95. The first-order valence-electron chi connectivity index (χ1n) is 6.02. The SMILES string of the molecule is O=C1CCCN1CCCOc1ccc(F)c(F)c1. The van der Waals surface area contributed by atoms with E-state index in [4.69, 9.17) is 4.74 Å². The van der Waals surface area contributed by atoms with Crippen LogP contribution < -0.4 is 4.74 Å². The van der Waals surface area contributed by atoms with Crippen LogP contribution in [0.1, 0.15) is 19.3 Å². The van der Waals surface area contributed by atoms with Crippen molar-refractivity contribution in [3.8, 4) is 5.75 Å². The zero-order valence-electron chi connectivity index (χ0n) is 9.99. The van der Waals surface area contributed by atoms with E-state index in [1.165, 1.54) is 6.07 Å². The molecule has 3 nitrogen and oxygen atoms in total. The van der Waals surface area contributed by atoms with E-state index in [-0.39, 0.29) is 5.91 Å². The molecule has 0 radical (unpaired) electrons. The molecule has 1 aromatic rings. The number of hydrogen-bond acceptors (Lipinski definition) is 2. The Morgan fingerprint density at radius 2 is 2.11 bits per heavy atom. The van der Waals surface area contributed by atoms with Gasteiger partial charge in [0.15, 0.2) is 11.6 Å². The van der Waals surface area contributed by atoms with Crippen LogP contribution in [0, 0.1) is 11.6 Å². The topological polar surface area (TPSA) is 29.5 Å². The minimum atomic E-state index is -0.915. The Kier molecular flexibility index (Phi) is 4.12. The number of halogens is 2. The van der Waals surface area contributed by atoms with Crippen LogP contribution in [-0.2, 0) is 4.79 Å². The lowest BCUT2D eigenvalue weighted by Crippen LogP contribution is -2.26. The second-order valence-corrected chi connectivity index (χ2v) is 4.26. The van der Waals surface area contributed by atoms with Crippen LogP contribution >= 0.6 is 0 Å². The first kappa shape index (κ1) is 12.8. The van der Waals surface area contributed by atoms with Gasteiger partial charge in [0, 0.05) is 25.6 Å². The highest BCUT2D eigenvalue weighted by atomic mass is 19.2. The first-order valence-corrected chi connectivity index (χ1v) is 6.02. The van der Waals surface area contributed by atoms with Gasteiger partial charge < -0.3 is 9.64 Å². The summed E-state index contributed by atoms with van der Waals surface area (Å²) in [7, 11) is 0. The summed E-state index contributed by atoms with van der Waals surface area (Å²) in [6, 6.07) is 3.45. The Morgan fingerprint density at radius 3 is 2.78 bits per heavy atom. The molecule has 2 rings (SSSR count). The second kappa shape index (κ2) is 5.80. The number of ether oxygens (including phenoxy) is 1. The Labute approximate surface area is 104 Å². The maximum Gasteiger partial charge on any atom is 0.222 e. The van der Waals surface area contributed by atoms with Crippen LogP contribution in [0.25, 0.3) is 0 Å². The van der Waals surface area contributed by atoms with Crippen LogP contribution in [0.2, 0.25) is 0 Å². The van der Waals surface area contributed by atoms with Crippen molar-refractivity contribution in [3.63, 3.8) is 0 Å². The van der Waals surface area contributed by atoms with Gasteiger partial charge in [-0.3, -0.25) is 4.79 Å². The van der Waals surface area contributed by atoms with Gasteiger partial charge in [-0.2, -0.15) is 0 Å². The normalized spacial score (nSPS) is 15.2. The molecule has 1 aliphatic rings. The van der Waals surface area contributed by atoms with Crippen molar-refractivity contribution in [1.82, 2.24) is 4.90 Å². The first-order chi connectivity index (χ1) is 8.66. The summed E-state index contributed by atoms with van der Waals surface area (Å²) in [5, 5.41) is 0. The highest BCUT2D eigenvalue weighted by Gasteiger charge is 2.18. The van der Waals surface area contributed by atoms with Crippen molar-refractivity contribution < 1.29 is 18.3 Å². The van der Waals surface area contributed by atoms with Crippen molar-refractivity contribution in [1.29, 1.82) is 0 Å². The third kappa shape index (κ3) is 3.18. The van der Waals surface area contributed by atoms with Gasteiger partial charge in [0.1, 0.15) is 5.75 Å². The van der Waals surface area contributed by atoms with E-state index in [1.54, 1.807) is 4.90 Å². The maximum atomic E-state index is 12.9. The number of carbonyl (C=O) groups excluding carboxylic acids is 1. The minimum Gasteiger partial charge on any atom is -0.493 e. The van der Waals surface area contributed by atoms with Gasteiger partial charge in [-0.1, -0.05) is 0 Å². The molecule has 0 N–H and O–H groups in total. The van der Waals surface area contributed by atoms with Crippen LogP contribution in [-0.4, -0.2) is 30.5 Å². The number of hydrogen-bond donors (Lipinski definition) is 0. The molecule has 0 aromatic heterocycles. The number of rotatable bonds is 5. The van der Waals surface area contributed by atoms with Gasteiger partial charge in [-0.25, -0.2) is 8.78 Å². The minimum absolute atomic E-state index is 0.183. The molecule has 0 aliphatic carbocycles. The van der Waals surface area contributed by atoms with E-state index in [9.17, 15) is 13.6 Å². The zero-order chi connectivity index (χ0) is 13.0. The lowest BCUT2D eigenvalue weighted by Gasteiger charge is -2.15. The lowest BCUT2D eigenvalue weighted by atomic mass is 10.3. The summed E-state index contributed by atoms with van der Waals surface area (Å²) in [6.07, 6.45) is 2.23. The van der Waals surface area contributed by atoms with Gasteiger partial charge in [0.05, 0.1) is 6.61 Å². The average molecular weight is 255 g/mol. The molecule has 1 amide bonds. The van der Waals surface area contributed by atoms with Crippen molar-refractivity contribution >= 4 is 5.91 Å². The van der Waals surface area contributed by atoms with Gasteiger partial charge in [0.25, 0.3) is 0 Å². The summed E-state index contributed by atoms with van der Waals surface area (Å²) < 4.78 is 30.8. The van der Waals surface area contributed by atoms with Gasteiger partial charge in [-0.15, -0.1) is 0 Å². The third-order valence-electron chi connectivity index (χ3n) is 2.90. The fraction of sp³-hybridized carbons (Fsp3) is 0.462. The molecule has 1 heterocycles. The van der Waals surface area contributed by atoms with Crippen molar-refractivity contribution in [3.05, 3.63) is 29.8 Å². The van der Waals surface area contributed by atoms with Crippen molar-refractivity contribution in [2.24, 2.45) is 0 Å². The summed E-state index contributed by atoms with van der Waals surface area (Å²) in [5.74, 6) is -1.31. The number of amides is 1. The zero-order valence-corrected chi connectivity index (χ0v) is 9.99. The van der Waals surface area contributed by atoms with E-state index in [2.05, 4.69) is 0 Å². The molecule has 5 heteroatoms. The highest BCUT2D eigenvalue weighted by Crippen LogP contribution is 2.16. The van der Waals surface area contributed by atoms with Crippen LogP contribution in [0.3, 0.4) is 0 Å². The molecule has 0 spiro atoms. The molecule has 0 atom stereocenters. The van der Waals surface area contributed by atoms with E-state index in [0.29, 0.717) is 31.7 Å². The predicted molar refractivity (Wildman–Crippen MR) is 62.3 cm³/mol. The molecule has 98 valence electrons. The lowest BCUT2D eigenvalue weighted by molar-refractivity contribution is -0.127. The summed E-state index contributed by atoms with van der Waals surface area (Å²) in [4.78, 5) is 13.1.